The predicted molar refractivity (Wildman–Crippen MR) is 120 cm³/mol. The molecule has 2 fully saturated rings. The second kappa shape index (κ2) is 10.3. The fourth-order valence-electron chi connectivity index (χ4n) is 4.63. The van der Waals surface area contributed by atoms with Gasteiger partial charge in [-0.05, 0) is 51.5 Å². The lowest BCUT2D eigenvalue weighted by molar-refractivity contribution is -0.129. The van der Waals surface area contributed by atoms with Crippen LogP contribution in [0.1, 0.15) is 52.0 Å². The number of piperazine rings is 1. The molecule has 1 aromatic carbocycles. The summed E-state index contributed by atoms with van der Waals surface area (Å²) in [4.78, 5) is 29.8. The number of nitrogens with zero attached hydrogens (tertiary/aromatic N) is 2. The van der Waals surface area contributed by atoms with Crippen molar-refractivity contribution in [3.8, 4) is 0 Å². The third-order valence-corrected chi connectivity index (χ3v) is 6.15. The Morgan fingerprint density at radius 2 is 1.67 bits per heavy atom. The summed E-state index contributed by atoms with van der Waals surface area (Å²) < 4.78 is 0. The van der Waals surface area contributed by atoms with Crippen LogP contribution in [-0.2, 0) is 11.2 Å². The molecule has 6 nitrogen and oxygen atoms in total. The van der Waals surface area contributed by atoms with Gasteiger partial charge in [0.1, 0.15) is 0 Å². The molecule has 1 aliphatic heterocycles. The maximum absolute atomic E-state index is 13.2. The SMILES string of the molecule is CC(C)(C)NC(=O)N1CCN(C(C(=O)NCCc2ccccc2)C2CCCC2)CC1. The smallest absolute Gasteiger partial charge is 0.317 e. The zero-order valence-electron chi connectivity index (χ0n) is 18.8. The molecular formula is C24H38N4O2. The van der Waals surface area contributed by atoms with Crippen LogP contribution in [0.2, 0.25) is 0 Å². The molecule has 1 atom stereocenters. The second-order valence-electron chi connectivity index (χ2n) is 9.72. The van der Waals surface area contributed by atoms with Crippen molar-refractivity contribution < 1.29 is 9.59 Å². The monoisotopic (exact) mass is 414 g/mol. The molecule has 30 heavy (non-hydrogen) atoms. The van der Waals surface area contributed by atoms with E-state index in [9.17, 15) is 9.59 Å². The molecule has 0 bridgehead atoms. The van der Waals surface area contributed by atoms with Gasteiger partial charge in [-0.1, -0.05) is 43.2 Å². The molecule has 3 amide bonds. The van der Waals surface area contributed by atoms with Gasteiger partial charge in [-0.25, -0.2) is 4.79 Å². The molecule has 166 valence electrons. The standard InChI is InChI=1S/C24H38N4O2/c1-24(2,3)26-23(30)28-17-15-27(16-18-28)21(20-11-7-8-12-20)22(29)25-14-13-19-9-5-4-6-10-19/h4-6,9-10,20-21H,7-8,11-18H2,1-3H3,(H,25,29)(H,26,30). The predicted octanol–water partition coefficient (Wildman–Crippen LogP) is 3.03. The molecule has 6 heteroatoms. The summed E-state index contributed by atoms with van der Waals surface area (Å²) in [7, 11) is 0. The minimum Gasteiger partial charge on any atom is -0.354 e. The van der Waals surface area contributed by atoms with Gasteiger partial charge in [0, 0.05) is 38.3 Å². The number of nitrogens with one attached hydrogen (secondary N) is 2. The maximum Gasteiger partial charge on any atom is 0.317 e. The molecule has 1 unspecified atom stereocenters. The minimum atomic E-state index is -0.237. The molecule has 1 heterocycles. The summed E-state index contributed by atoms with van der Waals surface area (Å²) >= 11 is 0. The number of hydrogen-bond donors (Lipinski definition) is 2. The second-order valence-corrected chi connectivity index (χ2v) is 9.72. The first-order valence-electron chi connectivity index (χ1n) is 11.5. The minimum absolute atomic E-state index is 0.00752. The van der Waals surface area contributed by atoms with Gasteiger partial charge in [0.2, 0.25) is 5.91 Å². The van der Waals surface area contributed by atoms with E-state index >= 15 is 0 Å². The summed E-state index contributed by atoms with van der Waals surface area (Å²) in [6, 6.07) is 10.2. The van der Waals surface area contributed by atoms with E-state index in [-0.39, 0.29) is 23.5 Å². The van der Waals surface area contributed by atoms with E-state index in [1.54, 1.807) is 0 Å². The highest BCUT2D eigenvalue weighted by Crippen LogP contribution is 2.31. The largest absolute Gasteiger partial charge is 0.354 e. The zero-order valence-corrected chi connectivity index (χ0v) is 18.8. The quantitative estimate of drug-likeness (QED) is 0.752. The van der Waals surface area contributed by atoms with Gasteiger partial charge < -0.3 is 15.5 Å². The average Bonchev–Trinajstić information content (AvgIpc) is 3.22. The van der Waals surface area contributed by atoms with Crippen molar-refractivity contribution in [3.05, 3.63) is 35.9 Å². The third-order valence-electron chi connectivity index (χ3n) is 6.15. The first-order valence-corrected chi connectivity index (χ1v) is 11.5. The molecule has 2 N–H and O–H groups in total. The molecule has 1 aliphatic carbocycles. The lowest BCUT2D eigenvalue weighted by Crippen LogP contribution is -2.60. The van der Waals surface area contributed by atoms with Gasteiger partial charge in [-0.15, -0.1) is 0 Å². The third kappa shape index (κ3) is 6.46. The Bertz CT molecular complexity index is 687. The van der Waals surface area contributed by atoms with Crippen LogP contribution in [-0.4, -0.2) is 66.0 Å². The molecule has 0 aromatic heterocycles. The van der Waals surface area contributed by atoms with Crippen LogP contribution in [0.5, 0.6) is 0 Å². The number of amides is 3. The Kier molecular flexibility index (Phi) is 7.75. The van der Waals surface area contributed by atoms with Gasteiger partial charge in [-0.2, -0.15) is 0 Å². The molecular weight excluding hydrogens is 376 g/mol. The number of rotatable bonds is 6. The maximum atomic E-state index is 13.2. The summed E-state index contributed by atoms with van der Waals surface area (Å²) in [5.41, 5.74) is 1.01. The summed E-state index contributed by atoms with van der Waals surface area (Å²) in [5.74, 6) is 0.585. The first-order chi connectivity index (χ1) is 14.3. The van der Waals surface area contributed by atoms with E-state index in [4.69, 9.17) is 0 Å². The van der Waals surface area contributed by atoms with E-state index in [1.807, 2.05) is 43.9 Å². The highest BCUT2D eigenvalue weighted by Gasteiger charge is 2.37. The fraction of sp³-hybridized carbons (Fsp3) is 0.667. The summed E-state index contributed by atoms with van der Waals surface area (Å²) in [5, 5.41) is 6.24. The molecule has 0 spiro atoms. The number of urea groups is 1. The van der Waals surface area contributed by atoms with Gasteiger partial charge in [0.25, 0.3) is 0 Å². The molecule has 1 saturated carbocycles. The van der Waals surface area contributed by atoms with E-state index < -0.39 is 0 Å². The van der Waals surface area contributed by atoms with Crippen molar-refractivity contribution in [2.45, 2.75) is 64.5 Å². The first kappa shape index (κ1) is 22.6. The van der Waals surface area contributed by atoms with Gasteiger partial charge in [-0.3, -0.25) is 9.69 Å². The van der Waals surface area contributed by atoms with Crippen molar-refractivity contribution in [1.29, 1.82) is 0 Å². The number of carbonyl (C=O) groups excluding carboxylic acids is 2. The van der Waals surface area contributed by atoms with Gasteiger partial charge in [0.15, 0.2) is 0 Å². The lowest BCUT2D eigenvalue weighted by atomic mass is 9.95. The molecule has 1 aromatic rings. The Balaban J connectivity index is 1.55. The highest BCUT2D eigenvalue weighted by molar-refractivity contribution is 5.82. The highest BCUT2D eigenvalue weighted by atomic mass is 16.2. The van der Waals surface area contributed by atoms with Crippen molar-refractivity contribution in [3.63, 3.8) is 0 Å². The number of carbonyl (C=O) groups is 2. The normalized spacial score (nSPS) is 19.5. The van der Waals surface area contributed by atoms with Crippen LogP contribution in [0.3, 0.4) is 0 Å². The average molecular weight is 415 g/mol. The van der Waals surface area contributed by atoms with Crippen LogP contribution in [0, 0.1) is 5.92 Å². The Morgan fingerprint density at radius 3 is 2.27 bits per heavy atom. The topological polar surface area (TPSA) is 64.7 Å². The van der Waals surface area contributed by atoms with Crippen molar-refractivity contribution in [2.24, 2.45) is 5.92 Å². The van der Waals surface area contributed by atoms with Crippen LogP contribution >= 0.6 is 0 Å². The fourth-order valence-corrected chi connectivity index (χ4v) is 4.63. The molecule has 0 radical (unpaired) electrons. The van der Waals surface area contributed by atoms with Crippen LogP contribution in [0.25, 0.3) is 0 Å². The number of hydrogen-bond acceptors (Lipinski definition) is 3. The Labute approximate surface area is 181 Å². The van der Waals surface area contributed by atoms with E-state index in [0.29, 0.717) is 25.6 Å². The van der Waals surface area contributed by atoms with Gasteiger partial charge in [0.05, 0.1) is 6.04 Å². The van der Waals surface area contributed by atoms with Crippen molar-refractivity contribution >= 4 is 11.9 Å². The Hall–Kier alpha value is -2.08. The molecule has 3 rings (SSSR count). The van der Waals surface area contributed by atoms with E-state index in [2.05, 4.69) is 27.7 Å². The number of benzene rings is 1. The lowest BCUT2D eigenvalue weighted by Gasteiger charge is -2.41. The molecule has 2 aliphatic rings. The summed E-state index contributed by atoms with van der Waals surface area (Å²) in [6.45, 7) is 9.51. The van der Waals surface area contributed by atoms with Crippen LogP contribution in [0.4, 0.5) is 4.79 Å². The van der Waals surface area contributed by atoms with Crippen LogP contribution < -0.4 is 10.6 Å². The van der Waals surface area contributed by atoms with E-state index in [0.717, 1.165) is 32.4 Å². The van der Waals surface area contributed by atoms with Crippen molar-refractivity contribution in [1.82, 2.24) is 20.4 Å². The van der Waals surface area contributed by atoms with Crippen molar-refractivity contribution in [2.75, 3.05) is 32.7 Å². The Morgan fingerprint density at radius 1 is 1.03 bits per heavy atom. The van der Waals surface area contributed by atoms with E-state index in [1.165, 1.54) is 18.4 Å². The zero-order chi connectivity index (χ0) is 21.6. The van der Waals surface area contributed by atoms with Gasteiger partial charge >= 0.3 is 6.03 Å². The molecule has 1 saturated heterocycles. The van der Waals surface area contributed by atoms with Crippen LogP contribution in [0.15, 0.2) is 30.3 Å². The summed E-state index contributed by atoms with van der Waals surface area (Å²) in [6.07, 6.45) is 5.53.